The molecule has 0 N–H and O–H groups in total. The molecule has 2 atom stereocenters. The van der Waals surface area contributed by atoms with Crippen LogP contribution in [-0.4, -0.2) is 17.9 Å². The number of ether oxygens (including phenoxy) is 1. The van der Waals surface area contributed by atoms with Gasteiger partial charge in [0.15, 0.2) is 0 Å². The molecule has 3 nitrogen and oxygen atoms in total. The van der Waals surface area contributed by atoms with E-state index in [4.69, 9.17) is 4.74 Å². The number of carbonyl (C=O) groups is 2. The first-order valence-corrected chi connectivity index (χ1v) is 5.81. The molecule has 0 radical (unpaired) electrons. The molecule has 0 aliphatic rings. The second-order valence-electron chi connectivity index (χ2n) is 4.30. The van der Waals surface area contributed by atoms with Gasteiger partial charge in [0.05, 0.1) is 6.10 Å². The van der Waals surface area contributed by atoms with Crippen molar-refractivity contribution in [3.8, 4) is 0 Å². The molecule has 0 fully saturated rings. The molecule has 0 aromatic carbocycles. The lowest BCUT2D eigenvalue weighted by Crippen LogP contribution is -2.30. The second kappa shape index (κ2) is 7.20. The van der Waals surface area contributed by atoms with E-state index in [-0.39, 0.29) is 17.9 Å². The predicted octanol–water partition coefficient (Wildman–Crippen LogP) is 2.75. The molecular formula is C13H22O3. The van der Waals surface area contributed by atoms with Crippen molar-refractivity contribution in [3.63, 3.8) is 0 Å². The zero-order valence-corrected chi connectivity index (χ0v) is 10.7. The fraction of sp³-hybridized carbons (Fsp3) is 0.692. The Labute approximate surface area is 97.9 Å². The fourth-order valence-corrected chi connectivity index (χ4v) is 1.56. The van der Waals surface area contributed by atoms with Gasteiger partial charge in [-0.1, -0.05) is 26.3 Å². The molecule has 16 heavy (non-hydrogen) atoms. The molecule has 0 saturated heterocycles. The summed E-state index contributed by atoms with van der Waals surface area (Å²) in [5.41, 5.74) is 0. The fourth-order valence-electron chi connectivity index (χ4n) is 1.56. The van der Waals surface area contributed by atoms with Gasteiger partial charge < -0.3 is 4.74 Å². The Kier molecular flexibility index (Phi) is 6.70. The topological polar surface area (TPSA) is 43.4 Å². The van der Waals surface area contributed by atoms with Gasteiger partial charge in [0.2, 0.25) is 5.78 Å². The number of allylic oxidation sites excluding steroid dienone is 1. The van der Waals surface area contributed by atoms with Crippen molar-refractivity contribution < 1.29 is 14.3 Å². The molecule has 0 bridgehead atoms. The standard InChI is InChI=1S/C13H22O3/c1-6-8-11(7-2)10(5)12(14)13(15)16-9(3)4/h7,9-11H,2,6,8H2,1,3-5H3/t10-,11-/m0/s1. The number of carbonyl (C=O) groups excluding carboxylic acids is 2. The van der Waals surface area contributed by atoms with Gasteiger partial charge >= 0.3 is 5.97 Å². The van der Waals surface area contributed by atoms with E-state index in [2.05, 4.69) is 6.58 Å². The Hall–Kier alpha value is -1.12. The summed E-state index contributed by atoms with van der Waals surface area (Å²) < 4.78 is 4.88. The monoisotopic (exact) mass is 226 g/mol. The Balaban J connectivity index is 4.46. The molecule has 0 amide bonds. The molecule has 0 aliphatic heterocycles. The Morgan fingerprint density at radius 1 is 1.31 bits per heavy atom. The minimum atomic E-state index is -0.731. The summed E-state index contributed by atoms with van der Waals surface area (Å²) in [5, 5.41) is 0. The smallest absolute Gasteiger partial charge is 0.375 e. The van der Waals surface area contributed by atoms with Gasteiger partial charge in [-0.2, -0.15) is 0 Å². The maximum absolute atomic E-state index is 11.7. The lowest BCUT2D eigenvalue weighted by Gasteiger charge is -2.18. The van der Waals surface area contributed by atoms with Crippen molar-refractivity contribution in [2.45, 2.75) is 46.6 Å². The van der Waals surface area contributed by atoms with Crippen LogP contribution in [0.4, 0.5) is 0 Å². The molecule has 0 aliphatic carbocycles. The van der Waals surface area contributed by atoms with Crippen LogP contribution in [0.15, 0.2) is 12.7 Å². The summed E-state index contributed by atoms with van der Waals surface area (Å²) in [6.07, 6.45) is 3.32. The lowest BCUT2D eigenvalue weighted by molar-refractivity contribution is -0.158. The van der Waals surface area contributed by atoms with E-state index >= 15 is 0 Å². The zero-order valence-electron chi connectivity index (χ0n) is 10.7. The average molecular weight is 226 g/mol. The van der Waals surface area contributed by atoms with E-state index in [0.29, 0.717) is 0 Å². The summed E-state index contributed by atoms with van der Waals surface area (Å²) in [6.45, 7) is 11.0. The highest BCUT2D eigenvalue weighted by Gasteiger charge is 2.28. The van der Waals surface area contributed by atoms with Crippen LogP contribution in [0.3, 0.4) is 0 Å². The Bertz CT molecular complexity index is 256. The van der Waals surface area contributed by atoms with Crippen LogP contribution in [0.1, 0.15) is 40.5 Å². The van der Waals surface area contributed by atoms with Crippen molar-refractivity contribution >= 4 is 11.8 Å². The van der Waals surface area contributed by atoms with Crippen LogP contribution in [0.25, 0.3) is 0 Å². The summed E-state index contributed by atoms with van der Waals surface area (Å²) >= 11 is 0. The highest BCUT2D eigenvalue weighted by Crippen LogP contribution is 2.20. The van der Waals surface area contributed by atoms with E-state index in [9.17, 15) is 9.59 Å². The SMILES string of the molecule is C=C[C@@H](CCC)[C@H](C)C(=O)C(=O)OC(C)C. The Morgan fingerprint density at radius 3 is 2.25 bits per heavy atom. The third kappa shape index (κ3) is 4.60. The number of ketones is 1. The van der Waals surface area contributed by atoms with E-state index in [1.807, 2.05) is 6.92 Å². The summed E-state index contributed by atoms with van der Waals surface area (Å²) in [6, 6.07) is 0. The van der Waals surface area contributed by atoms with Crippen LogP contribution in [0, 0.1) is 11.8 Å². The van der Waals surface area contributed by atoms with Crippen LogP contribution >= 0.6 is 0 Å². The molecular weight excluding hydrogens is 204 g/mol. The molecule has 92 valence electrons. The molecule has 0 saturated carbocycles. The van der Waals surface area contributed by atoms with E-state index in [0.717, 1.165) is 12.8 Å². The van der Waals surface area contributed by atoms with Crippen LogP contribution in [0.2, 0.25) is 0 Å². The maximum Gasteiger partial charge on any atom is 0.375 e. The second-order valence-corrected chi connectivity index (χ2v) is 4.30. The largest absolute Gasteiger partial charge is 0.457 e. The Morgan fingerprint density at radius 2 is 1.88 bits per heavy atom. The molecule has 0 rings (SSSR count). The minimum Gasteiger partial charge on any atom is -0.457 e. The minimum absolute atomic E-state index is 0.0530. The highest BCUT2D eigenvalue weighted by atomic mass is 16.5. The van der Waals surface area contributed by atoms with Gasteiger partial charge in [0.1, 0.15) is 0 Å². The van der Waals surface area contributed by atoms with Crippen molar-refractivity contribution in [1.29, 1.82) is 0 Å². The van der Waals surface area contributed by atoms with Gasteiger partial charge in [-0.15, -0.1) is 6.58 Å². The summed E-state index contributed by atoms with van der Waals surface area (Å²) in [7, 11) is 0. The lowest BCUT2D eigenvalue weighted by atomic mass is 9.87. The maximum atomic E-state index is 11.7. The first kappa shape index (κ1) is 14.9. The molecule has 0 aromatic rings. The van der Waals surface area contributed by atoms with E-state index < -0.39 is 11.8 Å². The average Bonchev–Trinajstić information content (AvgIpc) is 2.22. The number of rotatable bonds is 7. The normalized spacial score (nSPS) is 14.3. The molecule has 0 aromatic heterocycles. The van der Waals surface area contributed by atoms with Crippen LogP contribution in [-0.2, 0) is 14.3 Å². The van der Waals surface area contributed by atoms with Gasteiger partial charge in [0.25, 0.3) is 0 Å². The summed E-state index contributed by atoms with van der Waals surface area (Å²) in [4.78, 5) is 23.1. The van der Waals surface area contributed by atoms with Crippen molar-refractivity contribution in [2.24, 2.45) is 11.8 Å². The molecule has 3 heteroatoms. The first-order valence-electron chi connectivity index (χ1n) is 5.81. The van der Waals surface area contributed by atoms with Crippen LogP contribution in [0.5, 0.6) is 0 Å². The van der Waals surface area contributed by atoms with Crippen LogP contribution < -0.4 is 0 Å². The predicted molar refractivity (Wildman–Crippen MR) is 64.0 cm³/mol. The van der Waals surface area contributed by atoms with E-state index in [1.165, 1.54) is 0 Å². The number of esters is 1. The molecule has 0 heterocycles. The van der Waals surface area contributed by atoms with Crippen molar-refractivity contribution in [2.75, 3.05) is 0 Å². The van der Waals surface area contributed by atoms with Gasteiger partial charge in [0, 0.05) is 5.92 Å². The third-order valence-corrected chi connectivity index (χ3v) is 2.52. The summed E-state index contributed by atoms with van der Waals surface area (Å²) in [5.74, 6) is -1.47. The number of hydrogen-bond donors (Lipinski definition) is 0. The van der Waals surface area contributed by atoms with Crippen molar-refractivity contribution in [1.82, 2.24) is 0 Å². The van der Waals surface area contributed by atoms with Crippen molar-refractivity contribution in [3.05, 3.63) is 12.7 Å². The third-order valence-electron chi connectivity index (χ3n) is 2.52. The van der Waals surface area contributed by atoms with E-state index in [1.54, 1.807) is 26.8 Å². The van der Waals surface area contributed by atoms with Gasteiger partial charge in [-0.25, -0.2) is 4.79 Å². The molecule has 0 unspecified atom stereocenters. The highest BCUT2D eigenvalue weighted by molar-refractivity contribution is 6.34. The quantitative estimate of drug-likeness (QED) is 0.381. The van der Waals surface area contributed by atoms with Gasteiger partial charge in [-0.05, 0) is 26.2 Å². The first-order chi connectivity index (χ1) is 7.43. The zero-order chi connectivity index (χ0) is 12.7. The molecule has 0 spiro atoms. The number of hydrogen-bond acceptors (Lipinski definition) is 3. The number of Topliss-reactive ketones (excluding diaryl/α,β-unsaturated/α-hetero) is 1. The van der Waals surface area contributed by atoms with Gasteiger partial charge in [-0.3, -0.25) is 4.79 Å².